The van der Waals surface area contributed by atoms with Gasteiger partial charge in [0.05, 0.1) is 0 Å². The molecule has 1 atom stereocenters. The molecule has 0 aliphatic carbocycles. The Labute approximate surface area is 91.1 Å². The minimum atomic E-state index is -0.624. The van der Waals surface area contributed by atoms with Crippen LogP contribution in [0.5, 0.6) is 0 Å². The first-order valence-corrected chi connectivity index (χ1v) is 4.88. The third-order valence-corrected chi connectivity index (χ3v) is 2.25. The van der Waals surface area contributed by atoms with E-state index in [-0.39, 0.29) is 0 Å². The SMILES string of the molecule is C=C/C=C(\C=C)C(O)c1ccc(C)cc1. The van der Waals surface area contributed by atoms with Crippen LogP contribution in [0.3, 0.4) is 0 Å². The number of aliphatic hydroxyl groups excluding tert-OH is 1. The van der Waals surface area contributed by atoms with Crippen LogP contribution in [0.1, 0.15) is 17.2 Å². The Kier molecular flexibility index (Phi) is 4.07. The van der Waals surface area contributed by atoms with Gasteiger partial charge in [0.25, 0.3) is 0 Å². The number of aryl methyl sites for hydroxylation is 1. The lowest BCUT2D eigenvalue weighted by molar-refractivity contribution is 0.219. The maximum Gasteiger partial charge on any atom is 0.104 e. The summed E-state index contributed by atoms with van der Waals surface area (Å²) in [5.41, 5.74) is 2.81. The fraction of sp³-hybridized carbons (Fsp3) is 0.143. The number of aliphatic hydroxyl groups is 1. The van der Waals surface area contributed by atoms with E-state index in [2.05, 4.69) is 13.2 Å². The molecule has 1 rings (SSSR count). The molecular weight excluding hydrogens is 184 g/mol. The van der Waals surface area contributed by atoms with Gasteiger partial charge in [-0.1, -0.05) is 61.2 Å². The van der Waals surface area contributed by atoms with E-state index in [1.54, 1.807) is 18.2 Å². The summed E-state index contributed by atoms with van der Waals surface area (Å²) in [4.78, 5) is 0. The molecule has 1 nitrogen and oxygen atoms in total. The van der Waals surface area contributed by atoms with Gasteiger partial charge in [-0.3, -0.25) is 0 Å². The predicted molar refractivity (Wildman–Crippen MR) is 64.6 cm³/mol. The first kappa shape index (κ1) is 11.5. The average Bonchev–Trinajstić information content (AvgIpc) is 2.26. The largest absolute Gasteiger partial charge is 0.384 e. The van der Waals surface area contributed by atoms with E-state index in [4.69, 9.17) is 0 Å². The van der Waals surface area contributed by atoms with Gasteiger partial charge in [0.1, 0.15) is 6.10 Å². The number of allylic oxidation sites excluding steroid dienone is 2. The summed E-state index contributed by atoms with van der Waals surface area (Å²) in [5.74, 6) is 0. The molecule has 15 heavy (non-hydrogen) atoms. The Bertz CT molecular complexity index is 371. The molecule has 0 spiro atoms. The van der Waals surface area contributed by atoms with E-state index in [1.807, 2.05) is 31.2 Å². The summed E-state index contributed by atoms with van der Waals surface area (Å²) in [6.07, 6.45) is 4.43. The molecule has 78 valence electrons. The van der Waals surface area contributed by atoms with Crippen LogP contribution in [0.25, 0.3) is 0 Å². The molecule has 0 aliphatic heterocycles. The second kappa shape index (κ2) is 5.32. The lowest BCUT2D eigenvalue weighted by atomic mass is 10.0. The topological polar surface area (TPSA) is 20.2 Å². The van der Waals surface area contributed by atoms with Crippen LogP contribution < -0.4 is 0 Å². The molecule has 1 heteroatoms. The van der Waals surface area contributed by atoms with E-state index < -0.39 is 6.10 Å². The molecule has 0 radical (unpaired) electrons. The van der Waals surface area contributed by atoms with Crippen LogP contribution in [0.2, 0.25) is 0 Å². The molecule has 0 amide bonds. The quantitative estimate of drug-likeness (QED) is 0.739. The number of rotatable bonds is 4. The van der Waals surface area contributed by atoms with E-state index in [1.165, 1.54) is 5.56 Å². The van der Waals surface area contributed by atoms with Gasteiger partial charge in [-0.15, -0.1) is 0 Å². The van der Waals surface area contributed by atoms with E-state index >= 15 is 0 Å². The molecule has 0 aliphatic rings. The van der Waals surface area contributed by atoms with Crippen molar-refractivity contribution in [1.82, 2.24) is 0 Å². The molecule has 0 heterocycles. The maximum atomic E-state index is 10.0. The molecular formula is C14H16O. The zero-order chi connectivity index (χ0) is 11.3. The average molecular weight is 200 g/mol. The Balaban J connectivity index is 2.97. The first-order chi connectivity index (χ1) is 7.19. The minimum Gasteiger partial charge on any atom is -0.384 e. The van der Waals surface area contributed by atoms with Crippen molar-refractivity contribution >= 4 is 0 Å². The van der Waals surface area contributed by atoms with Gasteiger partial charge < -0.3 is 5.11 Å². The summed E-state index contributed by atoms with van der Waals surface area (Å²) in [6, 6.07) is 7.79. The smallest absolute Gasteiger partial charge is 0.104 e. The summed E-state index contributed by atoms with van der Waals surface area (Å²) in [6.45, 7) is 9.29. The van der Waals surface area contributed by atoms with Gasteiger partial charge in [0.2, 0.25) is 0 Å². The Morgan fingerprint density at radius 3 is 2.33 bits per heavy atom. The maximum absolute atomic E-state index is 10.0. The summed E-state index contributed by atoms with van der Waals surface area (Å²) in [7, 11) is 0. The van der Waals surface area contributed by atoms with Gasteiger partial charge in [0.15, 0.2) is 0 Å². The van der Waals surface area contributed by atoms with Crippen LogP contribution in [-0.2, 0) is 0 Å². The van der Waals surface area contributed by atoms with Crippen molar-refractivity contribution in [3.8, 4) is 0 Å². The van der Waals surface area contributed by atoms with Gasteiger partial charge in [-0.2, -0.15) is 0 Å². The zero-order valence-corrected chi connectivity index (χ0v) is 8.98. The van der Waals surface area contributed by atoms with Crippen LogP contribution in [-0.4, -0.2) is 5.11 Å². The first-order valence-electron chi connectivity index (χ1n) is 4.88. The zero-order valence-electron chi connectivity index (χ0n) is 8.98. The molecule has 0 saturated heterocycles. The van der Waals surface area contributed by atoms with Crippen LogP contribution in [0.4, 0.5) is 0 Å². The third-order valence-electron chi connectivity index (χ3n) is 2.25. The van der Waals surface area contributed by atoms with Gasteiger partial charge >= 0.3 is 0 Å². The Hall–Kier alpha value is -1.60. The summed E-state index contributed by atoms with van der Waals surface area (Å²) >= 11 is 0. The Morgan fingerprint density at radius 1 is 1.27 bits per heavy atom. The van der Waals surface area contributed by atoms with Crippen molar-refractivity contribution in [3.63, 3.8) is 0 Å². The Morgan fingerprint density at radius 2 is 1.87 bits per heavy atom. The van der Waals surface area contributed by atoms with E-state index in [0.717, 1.165) is 11.1 Å². The molecule has 0 saturated carbocycles. The molecule has 1 aromatic carbocycles. The van der Waals surface area contributed by atoms with Crippen molar-refractivity contribution in [2.75, 3.05) is 0 Å². The number of benzene rings is 1. The number of hydrogen-bond acceptors (Lipinski definition) is 1. The lowest BCUT2D eigenvalue weighted by Crippen LogP contribution is -1.99. The van der Waals surface area contributed by atoms with Crippen LogP contribution in [0, 0.1) is 6.92 Å². The molecule has 0 fully saturated rings. The van der Waals surface area contributed by atoms with Crippen molar-refractivity contribution in [2.24, 2.45) is 0 Å². The minimum absolute atomic E-state index is 0.624. The molecule has 1 N–H and O–H groups in total. The second-order valence-electron chi connectivity index (χ2n) is 3.42. The standard InChI is InChI=1S/C14H16O/c1-4-6-12(5-2)14(15)13-9-7-11(3)8-10-13/h4-10,14-15H,1-2H2,3H3/b12-6+. The summed E-state index contributed by atoms with van der Waals surface area (Å²) < 4.78 is 0. The molecule has 1 unspecified atom stereocenters. The highest BCUT2D eigenvalue weighted by molar-refractivity contribution is 5.34. The fourth-order valence-electron chi connectivity index (χ4n) is 1.35. The van der Waals surface area contributed by atoms with Gasteiger partial charge in [-0.05, 0) is 18.1 Å². The molecule has 0 bridgehead atoms. The monoisotopic (exact) mass is 200 g/mol. The van der Waals surface area contributed by atoms with Crippen LogP contribution >= 0.6 is 0 Å². The fourth-order valence-corrected chi connectivity index (χ4v) is 1.35. The highest BCUT2D eigenvalue weighted by Gasteiger charge is 2.09. The molecule has 0 aromatic heterocycles. The van der Waals surface area contributed by atoms with Crippen LogP contribution in [0.15, 0.2) is 61.2 Å². The normalized spacial score (nSPS) is 13.3. The highest BCUT2D eigenvalue weighted by Crippen LogP contribution is 2.22. The number of hydrogen-bond donors (Lipinski definition) is 1. The predicted octanol–water partition coefficient (Wildman–Crippen LogP) is 3.33. The third kappa shape index (κ3) is 2.93. The van der Waals surface area contributed by atoms with Crippen molar-refractivity contribution < 1.29 is 5.11 Å². The molecule has 1 aromatic rings. The van der Waals surface area contributed by atoms with Crippen molar-refractivity contribution in [2.45, 2.75) is 13.0 Å². The van der Waals surface area contributed by atoms with E-state index in [0.29, 0.717) is 0 Å². The highest BCUT2D eigenvalue weighted by atomic mass is 16.3. The lowest BCUT2D eigenvalue weighted by Gasteiger charge is -2.12. The van der Waals surface area contributed by atoms with Crippen molar-refractivity contribution in [1.29, 1.82) is 0 Å². The second-order valence-corrected chi connectivity index (χ2v) is 3.42. The summed E-state index contributed by atoms with van der Waals surface area (Å²) in [5, 5.41) is 10.0. The van der Waals surface area contributed by atoms with Crippen molar-refractivity contribution in [3.05, 3.63) is 72.4 Å². The van der Waals surface area contributed by atoms with Gasteiger partial charge in [0, 0.05) is 0 Å². The van der Waals surface area contributed by atoms with E-state index in [9.17, 15) is 5.11 Å². The van der Waals surface area contributed by atoms with Gasteiger partial charge in [-0.25, -0.2) is 0 Å².